The maximum atomic E-state index is 13.1. The summed E-state index contributed by atoms with van der Waals surface area (Å²) in [7, 11) is 0. The lowest BCUT2D eigenvalue weighted by molar-refractivity contribution is -0.204. The van der Waals surface area contributed by atoms with E-state index in [1.165, 1.54) is 17.7 Å². The summed E-state index contributed by atoms with van der Waals surface area (Å²) in [6.45, 7) is 0.949. The van der Waals surface area contributed by atoms with E-state index in [0.29, 0.717) is 13.0 Å². The number of carbonyl (C=O) groups is 2. The molecule has 1 saturated carbocycles. The van der Waals surface area contributed by atoms with Crippen molar-refractivity contribution in [3.63, 3.8) is 0 Å². The van der Waals surface area contributed by atoms with Crippen LogP contribution in [0.1, 0.15) is 56.9 Å². The number of ether oxygens (including phenoxy) is 2. The zero-order chi connectivity index (χ0) is 20.8. The van der Waals surface area contributed by atoms with E-state index in [-0.39, 0.29) is 37.3 Å². The first kappa shape index (κ1) is 21.3. The second-order valence-corrected chi connectivity index (χ2v) is 8.64. The molecule has 2 heterocycles. The maximum absolute atomic E-state index is 13.1. The molecule has 2 saturated heterocycles. The second kappa shape index (κ2) is 10.4. The molecule has 4 rings (SSSR count). The van der Waals surface area contributed by atoms with Gasteiger partial charge in [0.15, 0.2) is 6.29 Å². The summed E-state index contributed by atoms with van der Waals surface area (Å²) < 4.78 is 10.8. The van der Waals surface area contributed by atoms with Gasteiger partial charge in [0.1, 0.15) is 6.61 Å². The highest BCUT2D eigenvalue weighted by Crippen LogP contribution is 2.34. The summed E-state index contributed by atoms with van der Waals surface area (Å²) in [6, 6.07) is 9.47. The lowest BCUT2D eigenvalue weighted by Crippen LogP contribution is -2.44. The first-order chi connectivity index (χ1) is 14.7. The fourth-order valence-electron chi connectivity index (χ4n) is 4.13. The molecule has 1 aliphatic carbocycles. The van der Waals surface area contributed by atoms with Crippen LogP contribution in [0.5, 0.6) is 0 Å². The van der Waals surface area contributed by atoms with Crippen molar-refractivity contribution >= 4 is 12.0 Å². The van der Waals surface area contributed by atoms with E-state index in [1.807, 2.05) is 30.3 Å². The number of carbonyl (C=O) groups excluding carboxylic acids is 2. The topological polar surface area (TPSA) is 77.1 Å². The molecule has 1 N–H and O–H groups in total. The van der Waals surface area contributed by atoms with Crippen LogP contribution in [-0.4, -0.2) is 48.5 Å². The number of nitrogens with one attached hydrogen (secondary N) is 1. The van der Waals surface area contributed by atoms with Gasteiger partial charge in [0, 0.05) is 25.5 Å². The molecule has 0 bridgehead atoms. The number of amides is 2. The molecule has 30 heavy (non-hydrogen) atoms. The molecule has 3 aliphatic rings. The minimum Gasteiger partial charge on any atom is -0.447 e. The van der Waals surface area contributed by atoms with Gasteiger partial charge in [-0.15, -0.1) is 0 Å². The van der Waals surface area contributed by atoms with E-state index in [1.54, 1.807) is 0 Å². The average molecular weight is 417 g/mol. The van der Waals surface area contributed by atoms with Gasteiger partial charge in [-0.1, -0.05) is 43.2 Å². The first-order valence-corrected chi connectivity index (χ1v) is 11.2. The normalized spacial score (nSPS) is 25.2. The van der Waals surface area contributed by atoms with Gasteiger partial charge in [-0.2, -0.15) is 5.48 Å². The van der Waals surface area contributed by atoms with Crippen LogP contribution in [0.25, 0.3) is 0 Å². The minimum atomic E-state index is -0.543. The summed E-state index contributed by atoms with van der Waals surface area (Å²) in [5, 5.41) is 0. The quantitative estimate of drug-likeness (QED) is 0.588. The maximum Gasteiger partial charge on any atom is 0.416 e. The largest absolute Gasteiger partial charge is 0.447 e. The highest BCUT2D eigenvalue weighted by atomic mass is 16.8. The fraction of sp³-hybridized carbons (Fsp3) is 0.652. The van der Waals surface area contributed by atoms with Crippen LogP contribution >= 0.6 is 0 Å². The van der Waals surface area contributed by atoms with Gasteiger partial charge >= 0.3 is 6.09 Å². The van der Waals surface area contributed by atoms with Crippen molar-refractivity contribution in [1.82, 2.24) is 10.4 Å². The Kier molecular flexibility index (Phi) is 7.36. The Labute approximate surface area is 178 Å². The number of nitrogens with zero attached hydrogens (tertiary/aromatic N) is 1. The van der Waals surface area contributed by atoms with Crippen molar-refractivity contribution in [1.29, 1.82) is 0 Å². The third kappa shape index (κ3) is 6.03. The highest BCUT2D eigenvalue weighted by Gasteiger charge is 2.38. The Morgan fingerprint density at radius 3 is 2.77 bits per heavy atom. The Morgan fingerprint density at radius 2 is 2.03 bits per heavy atom. The van der Waals surface area contributed by atoms with Crippen LogP contribution in [0.4, 0.5) is 4.79 Å². The van der Waals surface area contributed by atoms with Crippen LogP contribution in [0.2, 0.25) is 0 Å². The first-order valence-electron chi connectivity index (χ1n) is 11.2. The molecular formula is C23H32N2O5. The number of cyclic esters (lactones) is 1. The molecule has 7 heteroatoms. The second-order valence-electron chi connectivity index (χ2n) is 8.64. The predicted molar refractivity (Wildman–Crippen MR) is 110 cm³/mol. The van der Waals surface area contributed by atoms with E-state index in [4.69, 9.17) is 14.3 Å². The Hall–Kier alpha value is -1.96. The highest BCUT2D eigenvalue weighted by molar-refractivity contribution is 5.93. The van der Waals surface area contributed by atoms with Gasteiger partial charge in [0.25, 0.3) is 0 Å². The van der Waals surface area contributed by atoms with Gasteiger partial charge in [0.2, 0.25) is 5.91 Å². The number of benzene rings is 1. The Bertz CT molecular complexity index is 703. The van der Waals surface area contributed by atoms with E-state index in [2.05, 4.69) is 5.48 Å². The van der Waals surface area contributed by atoms with Crippen LogP contribution in [0.15, 0.2) is 30.3 Å². The van der Waals surface area contributed by atoms with Crippen molar-refractivity contribution in [3.05, 3.63) is 35.9 Å². The predicted octanol–water partition coefficient (Wildman–Crippen LogP) is 3.57. The Balaban J connectivity index is 1.34. The van der Waals surface area contributed by atoms with E-state index in [0.717, 1.165) is 43.6 Å². The number of hydrogen-bond donors (Lipinski definition) is 1. The molecule has 0 spiro atoms. The average Bonchev–Trinajstić information content (AvgIpc) is 3.53. The van der Waals surface area contributed by atoms with Crippen LogP contribution < -0.4 is 5.48 Å². The Morgan fingerprint density at radius 1 is 1.20 bits per heavy atom. The van der Waals surface area contributed by atoms with Crippen LogP contribution in [0.3, 0.4) is 0 Å². The zero-order valence-corrected chi connectivity index (χ0v) is 17.5. The molecule has 2 amide bonds. The lowest BCUT2D eigenvalue weighted by Gasteiger charge is -2.27. The molecule has 3 unspecified atom stereocenters. The standard InChI is InChI=1S/C23H32N2O5/c26-21(25-20(16-29-23(25)27)14-18-6-2-1-3-7-18)15-19(12-11-17-9-10-17)24-30-22-8-4-5-13-28-22/h1-3,6-7,17,19-20,22,24H,4-5,8-16H2. The van der Waals surface area contributed by atoms with Crippen LogP contribution in [0, 0.1) is 5.92 Å². The number of hydroxylamine groups is 1. The molecule has 0 radical (unpaired) electrons. The third-order valence-corrected chi connectivity index (χ3v) is 6.09. The summed E-state index contributed by atoms with van der Waals surface area (Å²) in [6.07, 6.45) is 7.45. The molecule has 7 nitrogen and oxygen atoms in total. The van der Waals surface area contributed by atoms with Crippen molar-refractivity contribution in [2.75, 3.05) is 13.2 Å². The van der Waals surface area contributed by atoms with Crippen molar-refractivity contribution in [3.8, 4) is 0 Å². The molecule has 0 aromatic heterocycles. The number of rotatable bonds is 10. The minimum absolute atomic E-state index is 0.144. The summed E-state index contributed by atoms with van der Waals surface area (Å²) in [5.74, 6) is 0.554. The van der Waals surface area contributed by atoms with Gasteiger partial charge in [-0.3, -0.25) is 9.63 Å². The molecule has 1 aromatic rings. The third-order valence-electron chi connectivity index (χ3n) is 6.09. The van der Waals surface area contributed by atoms with Crippen LogP contribution in [-0.2, 0) is 25.5 Å². The number of imide groups is 1. The van der Waals surface area contributed by atoms with Gasteiger partial charge in [0.05, 0.1) is 6.04 Å². The molecule has 1 aromatic carbocycles. The number of hydrogen-bond acceptors (Lipinski definition) is 6. The molecular weight excluding hydrogens is 384 g/mol. The van der Waals surface area contributed by atoms with Gasteiger partial charge in [-0.25, -0.2) is 9.69 Å². The SMILES string of the molecule is O=C(CC(CCC1CC1)NOC1CCCCO1)N1C(=O)OCC1Cc1ccccc1. The van der Waals surface area contributed by atoms with E-state index >= 15 is 0 Å². The fourth-order valence-corrected chi connectivity index (χ4v) is 4.13. The zero-order valence-electron chi connectivity index (χ0n) is 17.5. The molecule has 2 aliphatic heterocycles. The van der Waals surface area contributed by atoms with Gasteiger partial charge < -0.3 is 9.47 Å². The molecule has 3 fully saturated rings. The van der Waals surface area contributed by atoms with Crippen molar-refractivity contribution in [2.45, 2.75) is 76.2 Å². The summed E-state index contributed by atoms with van der Waals surface area (Å²) in [5.41, 5.74) is 4.16. The molecule has 3 atom stereocenters. The monoisotopic (exact) mass is 416 g/mol. The van der Waals surface area contributed by atoms with Crippen molar-refractivity contribution < 1.29 is 23.9 Å². The summed E-state index contributed by atoms with van der Waals surface area (Å²) >= 11 is 0. The van der Waals surface area contributed by atoms with E-state index in [9.17, 15) is 9.59 Å². The lowest BCUT2D eigenvalue weighted by atomic mass is 10.0. The van der Waals surface area contributed by atoms with E-state index < -0.39 is 6.09 Å². The van der Waals surface area contributed by atoms with Gasteiger partial charge in [-0.05, 0) is 43.6 Å². The smallest absolute Gasteiger partial charge is 0.416 e. The van der Waals surface area contributed by atoms with Crippen molar-refractivity contribution in [2.24, 2.45) is 5.92 Å². The summed E-state index contributed by atoms with van der Waals surface area (Å²) in [4.78, 5) is 32.4. The molecule has 164 valence electrons.